The van der Waals surface area contributed by atoms with Crippen molar-refractivity contribution in [2.24, 2.45) is 7.05 Å². The summed E-state index contributed by atoms with van der Waals surface area (Å²) in [7, 11) is 1.93. The maximum absolute atomic E-state index is 13.0. The van der Waals surface area contributed by atoms with Crippen molar-refractivity contribution in [3.8, 4) is 0 Å². The highest BCUT2D eigenvalue weighted by Gasteiger charge is 2.35. The Morgan fingerprint density at radius 1 is 0.933 bits per heavy atom. The van der Waals surface area contributed by atoms with E-state index in [1.54, 1.807) is 0 Å². The second-order valence-corrected chi connectivity index (χ2v) is 7.52. The summed E-state index contributed by atoms with van der Waals surface area (Å²) in [6, 6.07) is 17.6. The van der Waals surface area contributed by atoms with Gasteiger partial charge < -0.3 is 14.2 Å². The number of hydrogen-bond acceptors (Lipinski definition) is 3. The lowest BCUT2D eigenvalue weighted by Gasteiger charge is -2.12. The molecule has 3 heterocycles. The Morgan fingerprint density at radius 3 is 2.53 bits per heavy atom. The lowest BCUT2D eigenvalue weighted by atomic mass is 9.97. The largest absolute Gasteiger partial charge is 0.396 e. The predicted octanol–water partition coefficient (Wildman–Crippen LogP) is 3.08. The lowest BCUT2D eigenvalue weighted by Crippen LogP contribution is -2.23. The van der Waals surface area contributed by atoms with Crippen LogP contribution in [0.2, 0.25) is 0 Å². The maximum Gasteiger partial charge on any atom is 0.261 e. The van der Waals surface area contributed by atoms with Gasteiger partial charge in [0.2, 0.25) is 0 Å². The van der Waals surface area contributed by atoms with Gasteiger partial charge in [0.1, 0.15) is 0 Å². The van der Waals surface area contributed by atoms with Crippen molar-refractivity contribution < 1.29 is 14.7 Å². The number of carbonyl (C=O) groups excluding carboxylic acids is 2. The van der Waals surface area contributed by atoms with E-state index in [2.05, 4.69) is 5.32 Å². The van der Waals surface area contributed by atoms with E-state index >= 15 is 0 Å². The van der Waals surface area contributed by atoms with Crippen LogP contribution in [0.3, 0.4) is 0 Å². The zero-order valence-corrected chi connectivity index (χ0v) is 16.6. The fraction of sp³-hybridized carbons (Fsp3) is 0.167. The Hall–Kier alpha value is -3.64. The molecule has 2 aromatic heterocycles. The van der Waals surface area contributed by atoms with Gasteiger partial charge in [0.25, 0.3) is 11.8 Å². The Bertz CT molecular complexity index is 1360. The molecule has 1 aliphatic rings. The van der Waals surface area contributed by atoms with E-state index in [1.165, 1.54) is 0 Å². The molecule has 0 atom stereocenters. The number of carbonyl (C=O) groups is 2. The number of hydrogen-bond donors (Lipinski definition) is 2. The van der Waals surface area contributed by atoms with E-state index in [9.17, 15) is 14.7 Å². The van der Waals surface area contributed by atoms with Gasteiger partial charge in [-0.05, 0) is 24.6 Å². The second-order valence-electron chi connectivity index (χ2n) is 7.52. The number of aliphatic hydroxyl groups is 1. The van der Waals surface area contributed by atoms with E-state index in [0.717, 1.165) is 27.4 Å². The average Bonchev–Trinajstić information content (AvgIpc) is 3.39. The number of imide groups is 1. The van der Waals surface area contributed by atoms with E-state index < -0.39 is 5.91 Å². The summed E-state index contributed by atoms with van der Waals surface area (Å²) >= 11 is 0. The van der Waals surface area contributed by atoms with E-state index in [-0.39, 0.29) is 12.5 Å². The van der Waals surface area contributed by atoms with Gasteiger partial charge in [-0.3, -0.25) is 14.9 Å². The van der Waals surface area contributed by atoms with Gasteiger partial charge in [0, 0.05) is 48.2 Å². The van der Waals surface area contributed by atoms with Crippen molar-refractivity contribution in [1.82, 2.24) is 14.5 Å². The van der Waals surface area contributed by atoms with Crippen molar-refractivity contribution >= 4 is 44.8 Å². The Balaban J connectivity index is 1.84. The van der Waals surface area contributed by atoms with E-state index in [4.69, 9.17) is 0 Å². The number of nitrogens with one attached hydrogen (secondary N) is 1. The number of amides is 2. The number of rotatable bonds is 5. The molecule has 0 saturated carbocycles. The molecule has 1 aliphatic heterocycles. The molecule has 2 aromatic carbocycles. The van der Waals surface area contributed by atoms with Gasteiger partial charge in [-0.1, -0.05) is 36.4 Å². The molecule has 150 valence electrons. The molecule has 4 aromatic rings. The van der Waals surface area contributed by atoms with E-state index in [0.29, 0.717) is 29.8 Å². The molecule has 0 radical (unpaired) electrons. The minimum Gasteiger partial charge on any atom is -0.396 e. The minimum absolute atomic E-state index is 0.0473. The molecule has 0 aliphatic carbocycles. The van der Waals surface area contributed by atoms with Crippen molar-refractivity contribution in [2.75, 3.05) is 6.61 Å². The molecule has 0 spiro atoms. The summed E-state index contributed by atoms with van der Waals surface area (Å²) in [5, 5.41) is 13.9. The molecule has 6 heteroatoms. The molecule has 5 rings (SSSR count). The maximum atomic E-state index is 13.0. The van der Waals surface area contributed by atoms with Crippen molar-refractivity contribution in [3.05, 3.63) is 72.1 Å². The highest BCUT2D eigenvalue weighted by molar-refractivity contribution is 6.50. The van der Waals surface area contributed by atoms with Crippen LogP contribution >= 0.6 is 0 Å². The number of aryl methyl sites for hydroxylation is 2. The third-order valence-electron chi connectivity index (χ3n) is 5.70. The molecular formula is C24H21N3O3. The van der Waals surface area contributed by atoms with Crippen LogP contribution in [0.25, 0.3) is 33.0 Å². The van der Waals surface area contributed by atoms with Crippen LogP contribution in [0, 0.1) is 0 Å². The standard InChI is InChI=1S/C24H21N3O3/c1-26-12-10-15-7-4-8-17(22(15)26)20-21(24(30)25-23(20)29)19-14-16-6-2-3-9-18(16)27(19)11-5-13-28/h2-4,6-10,12,14,28H,5,11,13H2,1H3,(H,25,29,30). The van der Waals surface area contributed by atoms with Crippen LogP contribution < -0.4 is 5.32 Å². The Labute approximate surface area is 173 Å². The van der Waals surface area contributed by atoms with Crippen molar-refractivity contribution in [2.45, 2.75) is 13.0 Å². The number of para-hydroxylation sites is 2. The van der Waals surface area contributed by atoms with Crippen LogP contribution in [0.5, 0.6) is 0 Å². The zero-order valence-electron chi connectivity index (χ0n) is 16.6. The highest BCUT2D eigenvalue weighted by atomic mass is 16.3. The smallest absolute Gasteiger partial charge is 0.261 e. The topological polar surface area (TPSA) is 76.3 Å². The zero-order chi connectivity index (χ0) is 20.8. The lowest BCUT2D eigenvalue weighted by molar-refractivity contribution is -0.122. The normalized spacial score (nSPS) is 14.3. The Kier molecular flexibility index (Phi) is 4.29. The number of aromatic nitrogens is 2. The summed E-state index contributed by atoms with van der Waals surface area (Å²) in [6.45, 7) is 0.595. The number of nitrogens with zero attached hydrogens (tertiary/aromatic N) is 2. The number of fused-ring (bicyclic) bond motifs is 2. The number of benzene rings is 2. The first-order valence-corrected chi connectivity index (χ1v) is 9.94. The summed E-state index contributed by atoms with van der Waals surface area (Å²) in [4.78, 5) is 25.9. The van der Waals surface area contributed by atoms with Gasteiger partial charge in [0.05, 0.1) is 22.4 Å². The van der Waals surface area contributed by atoms with Crippen LogP contribution in [0.4, 0.5) is 0 Å². The van der Waals surface area contributed by atoms with Crippen LogP contribution in [0.1, 0.15) is 17.7 Å². The van der Waals surface area contributed by atoms with Crippen molar-refractivity contribution in [3.63, 3.8) is 0 Å². The fourth-order valence-electron chi connectivity index (χ4n) is 4.40. The predicted molar refractivity (Wildman–Crippen MR) is 117 cm³/mol. The van der Waals surface area contributed by atoms with Crippen LogP contribution in [-0.4, -0.2) is 32.7 Å². The number of aliphatic hydroxyl groups excluding tert-OH is 1. The average molecular weight is 399 g/mol. The first-order chi connectivity index (χ1) is 14.6. The molecule has 0 fully saturated rings. The van der Waals surface area contributed by atoms with E-state index in [1.807, 2.05) is 77.0 Å². The third kappa shape index (κ3) is 2.69. The molecule has 6 nitrogen and oxygen atoms in total. The minimum atomic E-state index is -0.394. The van der Waals surface area contributed by atoms with Gasteiger partial charge >= 0.3 is 0 Å². The van der Waals surface area contributed by atoms with Crippen molar-refractivity contribution in [1.29, 1.82) is 0 Å². The quantitative estimate of drug-likeness (QED) is 0.507. The summed E-state index contributed by atoms with van der Waals surface area (Å²) in [5.41, 5.74) is 4.07. The Morgan fingerprint density at radius 2 is 1.70 bits per heavy atom. The molecule has 2 amide bonds. The van der Waals surface area contributed by atoms with Gasteiger partial charge in [-0.15, -0.1) is 0 Å². The molecule has 0 saturated heterocycles. The summed E-state index contributed by atoms with van der Waals surface area (Å²) in [5.74, 6) is -0.781. The first-order valence-electron chi connectivity index (χ1n) is 9.94. The first kappa shape index (κ1) is 18.4. The molecule has 0 bridgehead atoms. The van der Waals surface area contributed by atoms with Gasteiger partial charge in [-0.2, -0.15) is 0 Å². The third-order valence-corrected chi connectivity index (χ3v) is 5.70. The molecule has 2 N–H and O–H groups in total. The SMILES string of the molecule is Cn1ccc2cccc(C3=C(c4cc5ccccc5n4CCCO)C(=O)NC3=O)c21. The molecule has 30 heavy (non-hydrogen) atoms. The summed E-state index contributed by atoms with van der Waals surface area (Å²) in [6.07, 6.45) is 2.50. The monoisotopic (exact) mass is 399 g/mol. The van der Waals surface area contributed by atoms with Crippen LogP contribution in [-0.2, 0) is 23.2 Å². The molecular weight excluding hydrogens is 378 g/mol. The van der Waals surface area contributed by atoms with Crippen LogP contribution in [0.15, 0.2) is 60.8 Å². The summed E-state index contributed by atoms with van der Waals surface area (Å²) < 4.78 is 3.98. The molecule has 0 unspecified atom stereocenters. The van der Waals surface area contributed by atoms with Gasteiger partial charge in [0.15, 0.2) is 0 Å². The second kappa shape index (κ2) is 7.00. The highest BCUT2D eigenvalue weighted by Crippen LogP contribution is 2.37. The fourth-order valence-corrected chi connectivity index (χ4v) is 4.40. The van der Waals surface area contributed by atoms with Gasteiger partial charge in [-0.25, -0.2) is 0 Å².